The van der Waals surface area contributed by atoms with Crippen molar-refractivity contribution in [2.24, 2.45) is 0 Å². The SMILES string of the molecule is CCN(CC)c1ccc(C)c(NS(=O)(=O)Oc2ccccc2)c1. The first-order valence-electron chi connectivity index (χ1n) is 7.58. The van der Waals surface area contributed by atoms with Gasteiger partial charge >= 0.3 is 10.3 Å². The summed E-state index contributed by atoms with van der Waals surface area (Å²) in [4.78, 5) is 2.15. The zero-order valence-corrected chi connectivity index (χ0v) is 14.4. The molecule has 0 aliphatic carbocycles. The molecule has 0 heterocycles. The van der Waals surface area contributed by atoms with Gasteiger partial charge < -0.3 is 9.08 Å². The summed E-state index contributed by atoms with van der Waals surface area (Å²) in [6.45, 7) is 7.68. The van der Waals surface area contributed by atoms with Crippen LogP contribution in [0.5, 0.6) is 5.75 Å². The monoisotopic (exact) mass is 334 g/mol. The highest BCUT2D eigenvalue weighted by atomic mass is 32.2. The predicted molar refractivity (Wildman–Crippen MR) is 94.4 cm³/mol. The lowest BCUT2D eigenvalue weighted by molar-refractivity contribution is 0.492. The molecule has 2 aromatic rings. The molecule has 0 saturated heterocycles. The zero-order chi connectivity index (χ0) is 16.9. The smallest absolute Gasteiger partial charge is 0.372 e. The third kappa shape index (κ3) is 4.63. The molecule has 0 saturated carbocycles. The molecule has 6 heteroatoms. The van der Waals surface area contributed by atoms with E-state index in [1.807, 2.05) is 25.1 Å². The second-order valence-corrected chi connectivity index (χ2v) is 6.40. The van der Waals surface area contributed by atoms with Crippen LogP contribution in [0, 0.1) is 6.92 Å². The van der Waals surface area contributed by atoms with Gasteiger partial charge in [0.15, 0.2) is 0 Å². The lowest BCUT2D eigenvalue weighted by Gasteiger charge is -2.22. The first-order chi connectivity index (χ1) is 10.9. The number of nitrogens with zero attached hydrogens (tertiary/aromatic N) is 1. The summed E-state index contributed by atoms with van der Waals surface area (Å²) in [6.07, 6.45) is 0. The van der Waals surface area contributed by atoms with Crippen molar-refractivity contribution in [3.05, 3.63) is 54.1 Å². The highest BCUT2D eigenvalue weighted by Crippen LogP contribution is 2.25. The molecule has 1 N–H and O–H groups in total. The molecule has 0 amide bonds. The average molecular weight is 334 g/mol. The van der Waals surface area contributed by atoms with Gasteiger partial charge in [0.05, 0.1) is 5.69 Å². The van der Waals surface area contributed by atoms with Crippen molar-refractivity contribution in [1.29, 1.82) is 0 Å². The summed E-state index contributed by atoms with van der Waals surface area (Å²) in [5.41, 5.74) is 2.32. The van der Waals surface area contributed by atoms with Gasteiger partial charge in [0, 0.05) is 18.8 Å². The van der Waals surface area contributed by atoms with Crippen LogP contribution in [0.2, 0.25) is 0 Å². The van der Waals surface area contributed by atoms with Gasteiger partial charge in [-0.2, -0.15) is 8.42 Å². The molecule has 5 nitrogen and oxygen atoms in total. The van der Waals surface area contributed by atoms with E-state index in [-0.39, 0.29) is 5.75 Å². The minimum absolute atomic E-state index is 0.276. The van der Waals surface area contributed by atoms with Crippen LogP contribution >= 0.6 is 0 Å². The Morgan fingerprint density at radius 2 is 1.70 bits per heavy atom. The quantitative estimate of drug-likeness (QED) is 0.841. The van der Waals surface area contributed by atoms with Crippen molar-refractivity contribution >= 4 is 21.7 Å². The number of para-hydroxylation sites is 1. The number of hydrogen-bond acceptors (Lipinski definition) is 4. The van der Waals surface area contributed by atoms with Gasteiger partial charge in [-0.15, -0.1) is 0 Å². The number of aryl methyl sites for hydroxylation is 1. The molecule has 0 fully saturated rings. The fraction of sp³-hybridized carbons (Fsp3) is 0.294. The normalized spacial score (nSPS) is 11.1. The molecule has 124 valence electrons. The first kappa shape index (κ1) is 17.1. The fourth-order valence-electron chi connectivity index (χ4n) is 2.26. The number of rotatable bonds is 7. The Morgan fingerprint density at radius 1 is 1.04 bits per heavy atom. The maximum absolute atomic E-state index is 12.2. The Balaban J connectivity index is 2.23. The average Bonchev–Trinajstić information content (AvgIpc) is 2.52. The zero-order valence-electron chi connectivity index (χ0n) is 13.6. The molecule has 0 spiro atoms. The van der Waals surface area contributed by atoms with E-state index in [2.05, 4.69) is 23.5 Å². The van der Waals surface area contributed by atoms with Crippen molar-refractivity contribution < 1.29 is 12.6 Å². The Kier molecular flexibility index (Phi) is 5.50. The first-order valence-corrected chi connectivity index (χ1v) is 8.99. The van der Waals surface area contributed by atoms with E-state index in [0.29, 0.717) is 5.69 Å². The van der Waals surface area contributed by atoms with Crippen LogP contribution in [0.4, 0.5) is 11.4 Å². The summed E-state index contributed by atoms with van der Waals surface area (Å²) in [5.74, 6) is 0.276. The highest BCUT2D eigenvalue weighted by molar-refractivity contribution is 7.88. The Hall–Kier alpha value is -2.21. The van der Waals surface area contributed by atoms with Crippen molar-refractivity contribution in [2.75, 3.05) is 22.7 Å². The number of benzene rings is 2. The van der Waals surface area contributed by atoms with Crippen molar-refractivity contribution in [1.82, 2.24) is 0 Å². The van der Waals surface area contributed by atoms with E-state index in [1.165, 1.54) is 0 Å². The van der Waals surface area contributed by atoms with Crippen LogP contribution in [0.25, 0.3) is 0 Å². The largest absolute Gasteiger partial charge is 0.407 e. The second-order valence-electron chi connectivity index (χ2n) is 5.12. The maximum Gasteiger partial charge on any atom is 0.407 e. The Morgan fingerprint density at radius 3 is 2.30 bits per heavy atom. The van der Waals surface area contributed by atoms with Gasteiger partial charge in [0.25, 0.3) is 0 Å². The van der Waals surface area contributed by atoms with Gasteiger partial charge in [-0.1, -0.05) is 24.3 Å². The van der Waals surface area contributed by atoms with Crippen LogP contribution in [-0.4, -0.2) is 21.5 Å². The van der Waals surface area contributed by atoms with Crippen molar-refractivity contribution in [2.45, 2.75) is 20.8 Å². The minimum atomic E-state index is -3.93. The predicted octanol–water partition coefficient (Wildman–Crippen LogP) is 3.58. The van der Waals surface area contributed by atoms with Crippen LogP contribution in [0.1, 0.15) is 19.4 Å². The van der Waals surface area contributed by atoms with Gasteiger partial charge in [-0.05, 0) is 50.6 Å². The number of nitrogens with one attached hydrogen (secondary N) is 1. The molecule has 2 rings (SSSR count). The molecule has 0 unspecified atom stereocenters. The standard InChI is InChI=1S/C17H22N2O3S/c1-4-19(5-2)15-12-11-14(3)17(13-15)18-23(20,21)22-16-9-7-6-8-10-16/h6-13,18H,4-5H2,1-3H3. The maximum atomic E-state index is 12.2. The van der Waals surface area contributed by atoms with Gasteiger partial charge in [0.1, 0.15) is 5.75 Å². The molecule has 0 bridgehead atoms. The van der Waals surface area contributed by atoms with E-state index < -0.39 is 10.3 Å². The summed E-state index contributed by atoms with van der Waals surface area (Å²) < 4.78 is 32.0. The molecular weight excluding hydrogens is 312 g/mol. The Bertz CT molecular complexity index is 742. The lowest BCUT2D eigenvalue weighted by atomic mass is 10.1. The van der Waals surface area contributed by atoms with Crippen LogP contribution < -0.4 is 13.8 Å². The van der Waals surface area contributed by atoms with E-state index in [1.54, 1.807) is 30.3 Å². The van der Waals surface area contributed by atoms with E-state index >= 15 is 0 Å². The number of anilines is 2. The van der Waals surface area contributed by atoms with E-state index in [9.17, 15) is 8.42 Å². The topological polar surface area (TPSA) is 58.6 Å². The van der Waals surface area contributed by atoms with Gasteiger partial charge in [0.2, 0.25) is 0 Å². The van der Waals surface area contributed by atoms with Gasteiger partial charge in [-0.3, -0.25) is 4.72 Å². The molecule has 0 aromatic heterocycles. The Labute approximate surface area is 138 Å². The molecule has 0 aliphatic rings. The molecule has 2 aromatic carbocycles. The number of hydrogen-bond donors (Lipinski definition) is 1. The third-order valence-corrected chi connectivity index (χ3v) is 4.42. The fourth-order valence-corrected chi connectivity index (χ4v) is 3.16. The molecule has 23 heavy (non-hydrogen) atoms. The third-order valence-electron chi connectivity index (χ3n) is 3.53. The molecule has 0 radical (unpaired) electrons. The highest BCUT2D eigenvalue weighted by Gasteiger charge is 2.15. The van der Waals surface area contributed by atoms with Crippen LogP contribution in [-0.2, 0) is 10.3 Å². The molecule has 0 atom stereocenters. The minimum Gasteiger partial charge on any atom is -0.372 e. The molecular formula is C17H22N2O3S. The van der Waals surface area contributed by atoms with Crippen molar-refractivity contribution in [3.8, 4) is 5.75 Å². The van der Waals surface area contributed by atoms with E-state index in [0.717, 1.165) is 24.3 Å². The van der Waals surface area contributed by atoms with E-state index in [4.69, 9.17) is 4.18 Å². The molecule has 0 aliphatic heterocycles. The second kappa shape index (κ2) is 7.37. The van der Waals surface area contributed by atoms with Crippen LogP contribution in [0.3, 0.4) is 0 Å². The lowest BCUT2D eigenvalue weighted by Crippen LogP contribution is -2.23. The summed E-state index contributed by atoms with van der Waals surface area (Å²) in [7, 11) is -3.93. The summed E-state index contributed by atoms with van der Waals surface area (Å²) in [5, 5.41) is 0. The summed E-state index contributed by atoms with van der Waals surface area (Å²) >= 11 is 0. The summed E-state index contributed by atoms with van der Waals surface area (Å²) in [6, 6.07) is 14.1. The van der Waals surface area contributed by atoms with Gasteiger partial charge in [-0.25, -0.2) is 0 Å². The van der Waals surface area contributed by atoms with Crippen molar-refractivity contribution in [3.63, 3.8) is 0 Å². The van der Waals surface area contributed by atoms with Crippen LogP contribution in [0.15, 0.2) is 48.5 Å².